The van der Waals surface area contributed by atoms with E-state index in [1.165, 1.54) is 0 Å². The Morgan fingerprint density at radius 3 is 2.92 bits per heavy atom. The minimum atomic E-state index is -0.185. The maximum atomic E-state index is 13.0. The van der Waals surface area contributed by atoms with Crippen LogP contribution in [0, 0.1) is 0 Å². The number of phenols is 1. The van der Waals surface area contributed by atoms with Gasteiger partial charge in [0, 0.05) is 35.6 Å². The second kappa shape index (κ2) is 6.07. The summed E-state index contributed by atoms with van der Waals surface area (Å²) in [7, 11) is 0. The maximum absolute atomic E-state index is 13.0. The number of rotatable bonds is 3. The number of phenolic OH excluding ortho intramolecular Hbond substituents is 1. The quantitative estimate of drug-likeness (QED) is 0.626. The third-order valence-electron chi connectivity index (χ3n) is 4.43. The van der Waals surface area contributed by atoms with Crippen LogP contribution in [0.3, 0.4) is 0 Å². The van der Waals surface area contributed by atoms with E-state index in [-0.39, 0.29) is 11.7 Å². The number of nitrogens with one attached hydrogen (secondary N) is 2. The molecule has 2 heterocycles. The van der Waals surface area contributed by atoms with E-state index < -0.39 is 0 Å². The predicted molar refractivity (Wildman–Crippen MR) is 99.6 cm³/mol. The molecule has 0 radical (unpaired) electrons. The predicted octanol–water partition coefficient (Wildman–Crippen LogP) is 3.62. The van der Waals surface area contributed by atoms with Gasteiger partial charge in [-0.05, 0) is 36.2 Å². The minimum Gasteiger partial charge on any atom is -0.507 e. The Labute approximate surface area is 153 Å². The summed E-state index contributed by atoms with van der Waals surface area (Å²) in [6.45, 7) is 3.79. The number of benzene rings is 2. The van der Waals surface area contributed by atoms with Crippen molar-refractivity contribution >= 4 is 38.6 Å². The van der Waals surface area contributed by atoms with Crippen molar-refractivity contribution in [3.05, 3.63) is 51.5 Å². The number of aromatic amines is 1. The molecule has 0 aliphatic carbocycles. The van der Waals surface area contributed by atoms with Crippen molar-refractivity contribution in [3.8, 4) is 5.75 Å². The van der Waals surface area contributed by atoms with Gasteiger partial charge < -0.3 is 15.3 Å². The SMILES string of the molecule is CCNc1n[nH]c2cc(O)c(C(=O)N3Cc4ccc(Br)cc4C3)cc12. The van der Waals surface area contributed by atoms with Gasteiger partial charge >= 0.3 is 0 Å². The Morgan fingerprint density at radius 1 is 1.32 bits per heavy atom. The van der Waals surface area contributed by atoms with Crippen molar-refractivity contribution in [1.29, 1.82) is 0 Å². The first-order valence-electron chi connectivity index (χ1n) is 8.08. The molecule has 0 atom stereocenters. The van der Waals surface area contributed by atoms with Crippen LogP contribution < -0.4 is 5.32 Å². The Kier molecular flexibility index (Phi) is 3.88. The van der Waals surface area contributed by atoms with Crippen molar-refractivity contribution in [1.82, 2.24) is 15.1 Å². The summed E-state index contributed by atoms with van der Waals surface area (Å²) in [5, 5.41) is 21.3. The van der Waals surface area contributed by atoms with Crippen LogP contribution in [-0.2, 0) is 13.1 Å². The van der Waals surface area contributed by atoms with Crippen molar-refractivity contribution in [2.24, 2.45) is 0 Å². The van der Waals surface area contributed by atoms with E-state index in [1.54, 1.807) is 17.0 Å². The number of aromatic nitrogens is 2. The van der Waals surface area contributed by atoms with Gasteiger partial charge in [0.25, 0.3) is 5.91 Å². The summed E-state index contributed by atoms with van der Waals surface area (Å²) in [4.78, 5) is 14.7. The van der Waals surface area contributed by atoms with Crippen molar-refractivity contribution in [2.45, 2.75) is 20.0 Å². The van der Waals surface area contributed by atoms with Gasteiger partial charge in [0.05, 0.1) is 11.1 Å². The molecule has 0 saturated heterocycles. The number of nitrogens with zero attached hydrogens (tertiary/aromatic N) is 2. The molecule has 7 heteroatoms. The number of fused-ring (bicyclic) bond motifs is 2. The lowest BCUT2D eigenvalue weighted by Crippen LogP contribution is -2.25. The molecular weight excluding hydrogens is 384 g/mol. The fourth-order valence-corrected chi connectivity index (χ4v) is 3.61. The number of carbonyl (C=O) groups is 1. The number of hydrogen-bond donors (Lipinski definition) is 3. The van der Waals surface area contributed by atoms with E-state index in [2.05, 4.69) is 31.4 Å². The highest BCUT2D eigenvalue weighted by molar-refractivity contribution is 9.10. The van der Waals surface area contributed by atoms with E-state index in [9.17, 15) is 9.90 Å². The molecule has 1 aliphatic heterocycles. The number of halogens is 1. The van der Waals surface area contributed by atoms with E-state index in [0.717, 1.165) is 27.5 Å². The van der Waals surface area contributed by atoms with Gasteiger partial charge in [-0.1, -0.05) is 22.0 Å². The second-order valence-electron chi connectivity index (χ2n) is 6.09. The Bertz CT molecular complexity index is 983. The summed E-state index contributed by atoms with van der Waals surface area (Å²) in [5.74, 6) is 0.455. The molecule has 3 aromatic rings. The monoisotopic (exact) mass is 400 g/mol. The molecule has 1 aliphatic rings. The van der Waals surface area contributed by atoms with Gasteiger partial charge in [0.2, 0.25) is 0 Å². The summed E-state index contributed by atoms with van der Waals surface area (Å²) >= 11 is 3.46. The van der Waals surface area contributed by atoms with Crippen LogP contribution in [0.4, 0.5) is 5.82 Å². The average Bonchev–Trinajstić information content (AvgIpc) is 3.17. The van der Waals surface area contributed by atoms with Crippen LogP contribution in [0.15, 0.2) is 34.8 Å². The average molecular weight is 401 g/mol. The van der Waals surface area contributed by atoms with E-state index in [1.807, 2.05) is 25.1 Å². The number of anilines is 1. The Hall–Kier alpha value is -2.54. The Morgan fingerprint density at radius 2 is 2.12 bits per heavy atom. The molecule has 0 spiro atoms. The van der Waals surface area contributed by atoms with Gasteiger partial charge in [-0.15, -0.1) is 0 Å². The number of amides is 1. The van der Waals surface area contributed by atoms with Crippen molar-refractivity contribution in [2.75, 3.05) is 11.9 Å². The molecule has 0 saturated carbocycles. The van der Waals surface area contributed by atoms with Crippen LogP contribution in [0.5, 0.6) is 5.75 Å². The van der Waals surface area contributed by atoms with Gasteiger partial charge in [0.15, 0.2) is 5.82 Å². The summed E-state index contributed by atoms with van der Waals surface area (Å²) < 4.78 is 0.999. The molecule has 25 heavy (non-hydrogen) atoms. The highest BCUT2D eigenvalue weighted by atomic mass is 79.9. The first-order valence-corrected chi connectivity index (χ1v) is 8.87. The first kappa shape index (κ1) is 16.0. The standard InChI is InChI=1S/C18H17BrN4O2/c1-2-20-17-13-6-14(16(24)7-15(13)21-22-17)18(25)23-8-10-3-4-12(19)5-11(10)9-23/h3-7,24H,2,8-9H2,1H3,(H2,20,21,22). The van der Waals surface area contributed by atoms with Crippen LogP contribution in [-0.4, -0.2) is 32.7 Å². The van der Waals surface area contributed by atoms with Crippen LogP contribution in [0.2, 0.25) is 0 Å². The van der Waals surface area contributed by atoms with Gasteiger partial charge in [-0.3, -0.25) is 9.89 Å². The molecule has 2 aromatic carbocycles. The van der Waals surface area contributed by atoms with Gasteiger partial charge in [-0.2, -0.15) is 5.10 Å². The number of hydrogen-bond acceptors (Lipinski definition) is 4. The largest absolute Gasteiger partial charge is 0.507 e. The molecule has 0 unspecified atom stereocenters. The zero-order valence-corrected chi connectivity index (χ0v) is 15.2. The zero-order chi connectivity index (χ0) is 17.6. The highest BCUT2D eigenvalue weighted by Gasteiger charge is 2.26. The molecular formula is C18H17BrN4O2. The summed E-state index contributed by atoms with van der Waals surface area (Å²) in [6.07, 6.45) is 0. The lowest BCUT2D eigenvalue weighted by Gasteiger charge is -2.16. The highest BCUT2D eigenvalue weighted by Crippen LogP contribution is 2.32. The topological polar surface area (TPSA) is 81.2 Å². The molecule has 4 rings (SSSR count). The molecule has 128 valence electrons. The number of carbonyl (C=O) groups excluding carboxylic acids is 1. The number of H-pyrrole nitrogens is 1. The van der Waals surface area contributed by atoms with Crippen LogP contribution in [0.25, 0.3) is 10.9 Å². The Balaban J connectivity index is 1.68. The molecule has 3 N–H and O–H groups in total. The lowest BCUT2D eigenvalue weighted by molar-refractivity contribution is 0.0748. The summed E-state index contributed by atoms with van der Waals surface area (Å²) in [6, 6.07) is 9.29. The third-order valence-corrected chi connectivity index (χ3v) is 4.92. The van der Waals surface area contributed by atoms with E-state index >= 15 is 0 Å². The lowest BCUT2D eigenvalue weighted by atomic mass is 10.1. The molecule has 0 bridgehead atoms. The van der Waals surface area contributed by atoms with Crippen molar-refractivity contribution < 1.29 is 9.90 Å². The van der Waals surface area contributed by atoms with Gasteiger partial charge in [0.1, 0.15) is 5.75 Å². The fourth-order valence-electron chi connectivity index (χ4n) is 3.20. The second-order valence-corrected chi connectivity index (χ2v) is 7.01. The fraction of sp³-hybridized carbons (Fsp3) is 0.222. The zero-order valence-electron chi connectivity index (χ0n) is 13.6. The molecule has 0 fully saturated rings. The third kappa shape index (κ3) is 2.74. The van der Waals surface area contributed by atoms with Crippen LogP contribution >= 0.6 is 15.9 Å². The summed E-state index contributed by atoms with van der Waals surface area (Å²) in [5.41, 5.74) is 3.24. The molecule has 1 aromatic heterocycles. The van der Waals surface area contributed by atoms with Gasteiger partial charge in [-0.25, -0.2) is 0 Å². The smallest absolute Gasteiger partial charge is 0.258 e. The van der Waals surface area contributed by atoms with Crippen molar-refractivity contribution in [3.63, 3.8) is 0 Å². The number of aromatic hydroxyl groups is 1. The molecule has 1 amide bonds. The first-order chi connectivity index (χ1) is 12.1. The molecule has 6 nitrogen and oxygen atoms in total. The van der Waals surface area contributed by atoms with Crippen LogP contribution in [0.1, 0.15) is 28.4 Å². The normalized spacial score (nSPS) is 13.3. The minimum absolute atomic E-state index is 0.0404. The maximum Gasteiger partial charge on any atom is 0.258 e. The van der Waals surface area contributed by atoms with E-state index in [4.69, 9.17) is 0 Å². The van der Waals surface area contributed by atoms with E-state index in [0.29, 0.717) is 30.0 Å².